The zero-order valence-electron chi connectivity index (χ0n) is 19.4. The van der Waals surface area contributed by atoms with Crippen molar-refractivity contribution in [2.45, 2.75) is 0 Å². The molecule has 0 aliphatic carbocycles. The van der Waals surface area contributed by atoms with Crippen LogP contribution in [0.4, 0.5) is 0 Å². The monoisotopic (exact) mass is 450 g/mol. The maximum absolute atomic E-state index is 3.05. The molecule has 0 aromatic heterocycles. The second kappa shape index (κ2) is 13.1. The van der Waals surface area contributed by atoms with Gasteiger partial charge in [-0.05, 0) is 108 Å². The van der Waals surface area contributed by atoms with Crippen molar-refractivity contribution in [1.82, 2.24) is 0 Å². The molecule has 0 heterocycles. The smallest absolute Gasteiger partial charge is 0.0256 e. The van der Waals surface area contributed by atoms with E-state index in [2.05, 4.69) is 71.0 Å². The van der Waals surface area contributed by atoms with Crippen LogP contribution in [0.25, 0.3) is 0 Å². The quantitative estimate of drug-likeness (QED) is 0.293. The van der Waals surface area contributed by atoms with Gasteiger partial charge in [-0.1, -0.05) is 71.9 Å². The van der Waals surface area contributed by atoms with Gasteiger partial charge in [-0.25, -0.2) is 0 Å². The number of benzene rings is 4. The highest BCUT2D eigenvalue weighted by Crippen LogP contribution is 2.03. The van der Waals surface area contributed by atoms with Gasteiger partial charge in [0.15, 0.2) is 0 Å². The van der Waals surface area contributed by atoms with Gasteiger partial charge in [0, 0.05) is 33.4 Å². The SMILES string of the molecule is C(C#Cc1ccc(C#CC#Cc2ccc(C#CC#Cc3ccccc3)cc2)cc1)#Cc1ccccc1. The van der Waals surface area contributed by atoms with E-state index in [4.69, 9.17) is 0 Å². The summed E-state index contributed by atoms with van der Waals surface area (Å²) < 4.78 is 0. The topological polar surface area (TPSA) is 0 Å². The van der Waals surface area contributed by atoms with Crippen LogP contribution in [0.15, 0.2) is 109 Å². The lowest BCUT2D eigenvalue weighted by Gasteiger charge is -1.91. The molecule has 4 aromatic rings. The summed E-state index contributed by atoms with van der Waals surface area (Å²) in [7, 11) is 0. The first-order valence-corrected chi connectivity index (χ1v) is 11.2. The van der Waals surface area contributed by atoms with Crippen molar-refractivity contribution in [2.24, 2.45) is 0 Å². The lowest BCUT2D eigenvalue weighted by molar-refractivity contribution is 1.60. The van der Waals surface area contributed by atoms with Crippen molar-refractivity contribution in [1.29, 1.82) is 0 Å². The highest BCUT2D eigenvalue weighted by atomic mass is 13.9. The van der Waals surface area contributed by atoms with E-state index in [0.29, 0.717) is 0 Å². The van der Waals surface area contributed by atoms with Crippen LogP contribution in [0.2, 0.25) is 0 Å². The van der Waals surface area contributed by atoms with Gasteiger partial charge in [0.1, 0.15) is 0 Å². The first-order valence-electron chi connectivity index (χ1n) is 11.2. The predicted molar refractivity (Wildman–Crippen MR) is 147 cm³/mol. The van der Waals surface area contributed by atoms with Gasteiger partial charge in [-0.2, -0.15) is 0 Å². The third kappa shape index (κ3) is 7.98. The molecule has 0 saturated carbocycles. The van der Waals surface area contributed by atoms with E-state index in [1.54, 1.807) is 0 Å². The number of hydrogen-bond donors (Lipinski definition) is 0. The lowest BCUT2D eigenvalue weighted by atomic mass is 10.1. The molecule has 162 valence electrons. The standard InChI is InChI=1S/C36H18/c1-3-13-31(14-4-1)17-7-9-19-33-23-27-35(28-24-33)21-11-12-22-36-29-25-34(26-30-36)20-10-8-18-32-15-5-2-6-16-32/h1-6,13-16,23-30H. The molecule has 0 N–H and O–H groups in total. The zero-order chi connectivity index (χ0) is 24.7. The molecule has 0 heteroatoms. The second-order valence-electron chi connectivity index (χ2n) is 7.39. The summed E-state index contributed by atoms with van der Waals surface area (Å²) in [5.74, 6) is 35.5. The summed E-state index contributed by atoms with van der Waals surface area (Å²) in [6, 6.07) is 35.0. The Morgan fingerprint density at radius 1 is 0.222 bits per heavy atom. The fraction of sp³-hybridized carbons (Fsp3) is 0. The maximum Gasteiger partial charge on any atom is 0.0256 e. The van der Waals surface area contributed by atoms with E-state index >= 15 is 0 Å². The van der Waals surface area contributed by atoms with Gasteiger partial charge >= 0.3 is 0 Å². The van der Waals surface area contributed by atoms with E-state index in [9.17, 15) is 0 Å². The van der Waals surface area contributed by atoms with Gasteiger partial charge < -0.3 is 0 Å². The van der Waals surface area contributed by atoms with Gasteiger partial charge in [-0.3, -0.25) is 0 Å². The van der Waals surface area contributed by atoms with Crippen LogP contribution in [0.5, 0.6) is 0 Å². The summed E-state index contributed by atoms with van der Waals surface area (Å²) in [5, 5.41) is 0. The molecule has 0 fully saturated rings. The van der Waals surface area contributed by atoms with Gasteiger partial charge in [0.05, 0.1) is 0 Å². The minimum absolute atomic E-state index is 0.882. The fourth-order valence-electron chi connectivity index (χ4n) is 2.94. The summed E-state index contributed by atoms with van der Waals surface area (Å²) in [5.41, 5.74) is 5.45. The Hall–Kier alpha value is -5.76. The normalized spacial score (nSPS) is 8.33. The maximum atomic E-state index is 3.05. The van der Waals surface area contributed by atoms with E-state index < -0.39 is 0 Å². The average molecular weight is 451 g/mol. The summed E-state index contributed by atoms with van der Waals surface area (Å²) in [6.07, 6.45) is 0. The first-order chi connectivity index (χ1) is 17.8. The minimum atomic E-state index is 0.882. The third-order valence-corrected chi connectivity index (χ3v) is 4.75. The fourth-order valence-corrected chi connectivity index (χ4v) is 2.94. The van der Waals surface area contributed by atoms with E-state index in [-0.39, 0.29) is 0 Å². The molecule has 0 unspecified atom stereocenters. The van der Waals surface area contributed by atoms with Gasteiger partial charge in [0.2, 0.25) is 0 Å². The van der Waals surface area contributed by atoms with Crippen molar-refractivity contribution in [3.63, 3.8) is 0 Å². The Morgan fingerprint density at radius 2 is 0.417 bits per heavy atom. The Morgan fingerprint density at radius 3 is 0.639 bits per heavy atom. The van der Waals surface area contributed by atoms with Gasteiger partial charge in [-0.15, -0.1) is 0 Å². The number of rotatable bonds is 0. The van der Waals surface area contributed by atoms with Crippen LogP contribution in [0.3, 0.4) is 0 Å². The second-order valence-corrected chi connectivity index (χ2v) is 7.39. The van der Waals surface area contributed by atoms with Crippen molar-refractivity contribution in [3.8, 4) is 71.0 Å². The summed E-state index contributed by atoms with van der Waals surface area (Å²) in [4.78, 5) is 0. The summed E-state index contributed by atoms with van der Waals surface area (Å²) in [6.45, 7) is 0. The highest BCUT2D eigenvalue weighted by molar-refractivity contribution is 5.50. The molecule has 0 saturated heterocycles. The zero-order valence-corrected chi connectivity index (χ0v) is 19.4. The molecule has 0 radical (unpaired) electrons. The average Bonchev–Trinajstić information content (AvgIpc) is 2.94. The Balaban J connectivity index is 1.31. The molecule has 0 bridgehead atoms. The molecule has 0 spiro atoms. The molecular weight excluding hydrogens is 432 g/mol. The molecule has 36 heavy (non-hydrogen) atoms. The van der Waals surface area contributed by atoms with Crippen LogP contribution < -0.4 is 0 Å². The molecule has 0 aliphatic heterocycles. The van der Waals surface area contributed by atoms with Crippen LogP contribution in [-0.2, 0) is 0 Å². The van der Waals surface area contributed by atoms with Crippen molar-refractivity contribution in [3.05, 3.63) is 143 Å². The van der Waals surface area contributed by atoms with Crippen molar-refractivity contribution in [2.75, 3.05) is 0 Å². The van der Waals surface area contributed by atoms with E-state index in [1.807, 2.05) is 109 Å². The van der Waals surface area contributed by atoms with Crippen LogP contribution in [0.1, 0.15) is 33.4 Å². The van der Waals surface area contributed by atoms with Gasteiger partial charge in [0.25, 0.3) is 0 Å². The van der Waals surface area contributed by atoms with E-state index in [1.165, 1.54) is 0 Å². The third-order valence-electron chi connectivity index (χ3n) is 4.75. The van der Waals surface area contributed by atoms with Crippen LogP contribution in [-0.4, -0.2) is 0 Å². The molecule has 0 nitrogen and oxygen atoms in total. The van der Waals surface area contributed by atoms with Crippen molar-refractivity contribution < 1.29 is 0 Å². The lowest BCUT2D eigenvalue weighted by Crippen LogP contribution is -1.77. The largest absolute Gasteiger partial charge is 0.0622 e. The molecular formula is C36H18. The first kappa shape index (κ1) is 23.4. The molecule has 4 aromatic carbocycles. The van der Waals surface area contributed by atoms with Crippen molar-refractivity contribution >= 4 is 0 Å². The molecule has 0 aliphatic rings. The highest BCUT2D eigenvalue weighted by Gasteiger charge is 1.89. The van der Waals surface area contributed by atoms with Crippen LogP contribution in [0, 0.1) is 71.0 Å². The van der Waals surface area contributed by atoms with E-state index in [0.717, 1.165) is 33.4 Å². The Bertz CT molecular complexity index is 1570. The number of hydrogen-bond acceptors (Lipinski definition) is 0. The minimum Gasteiger partial charge on any atom is -0.0622 e. The Kier molecular flexibility index (Phi) is 8.50. The Labute approximate surface area is 213 Å². The summed E-state index contributed by atoms with van der Waals surface area (Å²) >= 11 is 0. The predicted octanol–water partition coefficient (Wildman–Crippen LogP) is 5.90. The molecule has 0 amide bonds. The molecule has 4 rings (SSSR count). The van der Waals surface area contributed by atoms with Crippen LogP contribution >= 0.6 is 0 Å². The molecule has 0 atom stereocenters.